The molecule has 0 atom stereocenters. The van der Waals surface area contributed by atoms with Crippen LogP contribution in [0.3, 0.4) is 0 Å². The highest BCUT2D eigenvalue weighted by Gasteiger charge is 2.07. The lowest BCUT2D eigenvalue weighted by molar-refractivity contribution is 0.785. The van der Waals surface area contributed by atoms with Gasteiger partial charge in [0.2, 0.25) is 0 Å². The molecule has 0 aliphatic heterocycles. The van der Waals surface area contributed by atoms with Crippen molar-refractivity contribution in [2.75, 3.05) is 25.5 Å². The van der Waals surface area contributed by atoms with E-state index in [2.05, 4.69) is 36.0 Å². The highest BCUT2D eigenvalue weighted by molar-refractivity contribution is 6.31. The topological polar surface area (TPSA) is 92.1 Å². The van der Waals surface area contributed by atoms with Crippen LogP contribution in [0.5, 0.6) is 0 Å². The molecule has 3 rings (SSSR count). The van der Waals surface area contributed by atoms with Gasteiger partial charge in [-0.2, -0.15) is 5.10 Å². The molecule has 0 amide bonds. The van der Waals surface area contributed by atoms with Crippen molar-refractivity contribution in [3.63, 3.8) is 0 Å². The lowest BCUT2D eigenvalue weighted by atomic mass is 10.2. The molecule has 1 aromatic carbocycles. The molecule has 136 valence electrons. The summed E-state index contributed by atoms with van der Waals surface area (Å²) in [5.74, 6) is 1.48. The smallest absolute Gasteiger partial charge is 0.191 e. The molecule has 0 aliphatic rings. The van der Waals surface area contributed by atoms with Crippen LogP contribution >= 0.6 is 11.6 Å². The molecule has 3 aromatic rings. The normalized spacial score (nSPS) is 11.6. The zero-order chi connectivity index (χ0) is 18.4. The molecule has 26 heavy (non-hydrogen) atoms. The standard InChI is InChI=1S/C17H21ClN8/c1-19-17(22-9-12-5-3-4-6-14(12)18)21-8-7-20-15-13-10-25-26(2)16(13)24-11-23-15/h3-6,10-11H,7-9H2,1-2H3,(H2,19,21,22)(H,20,23,24). The number of anilines is 1. The molecule has 2 aromatic heterocycles. The van der Waals surface area contributed by atoms with E-state index in [-0.39, 0.29) is 0 Å². The van der Waals surface area contributed by atoms with Gasteiger partial charge >= 0.3 is 0 Å². The molecule has 0 aliphatic carbocycles. The Hall–Kier alpha value is -2.87. The Morgan fingerprint density at radius 2 is 2.04 bits per heavy atom. The molecular formula is C17H21ClN8. The quantitative estimate of drug-likeness (QED) is 0.347. The molecule has 3 N–H and O–H groups in total. The van der Waals surface area contributed by atoms with Gasteiger partial charge in [0.15, 0.2) is 11.6 Å². The van der Waals surface area contributed by atoms with Crippen molar-refractivity contribution >= 4 is 34.4 Å². The number of benzene rings is 1. The number of aryl methyl sites for hydroxylation is 1. The summed E-state index contributed by atoms with van der Waals surface area (Å²) in [4.78, 5) is 12.7. The summed E-state index contributed by atoms with van der Waals surface area (Å²) in [7, 11) is 3.59. The van der Waals surface area contributed by atoms with Gasteiger partial charge < -0.3 is 16.0 Å². The molecule has 2 heterocycles. The van der Waals surface area contributed by atoms with E-state index in [9.17, 15) is 0 Å². The van der Waals surface area contributed by atoms with E-state index in [1.807, 2.05) is 31.3 Å². The molecule has 0 fully saturated rings. The Morgan fingerprint density at radius 3 is 2.85 bits per heavy atom. The minimum absolute atomic E-state index is 0.606. The second-order valence-corrected chi connectivity index (χ2v) is 6.01. The highest BCUT2D eigenvalue weighted by atomic mass is 35.5. The van der Waals surface area contributed by atoms with Crippen LogP contribution < -0.4 is 16.0 Å². The minimum atomic E-state index is 0.606. The van der Waals surface area contributed by atoms with Gasteiger partial charge in [-0.3, -0.25) is 9.67 Å². The number of hydrogen-bond acceptors (Lipinski definition) is 5. The molecule has 0 radical (unpaired) electrons. The Balaban J connectivity index is 1.48. The van der Waals surface area contributed by atoms with Crippen LogP contribution in [0.25, 0.3) is 11.0 Å². The third-order valence-corrected chi connectivity index (χ3v) is 4.24. The summed E-state index contributed by atoms with van der Waals surface area (Å²) < 4.78 is 1.72. The number of halogens is 1. The van der Waals surface area contributed by atoms with Crippen LogP contribution in [0.4, 0.5) is 5.82 Å². The average molecular weight is 373 g/mol. The maximum absolute atomic E-state index is 6.17. The number of aliphatic imine (C=N–C) groups is 1. The van der Waals surface area contributed by atoms with Gasteiger partial charge in [-0.25, -0.2) is 9.97 Å². The number of nitrogens with zero attached hydrogens (tertiary/aromatic N) is 5. The average Bonchev–Trinajstić information content (AvgIpc) is 3.04. The van der Waals surface area contributed by atoms with E-state index in [1.54, 1.807) is 17.9 Å². The minimum Gasteiger partial charge on any atom is -0.368 e. The number of aromatic nitrogens is 4. The Morgan fingerprint density at radius 1 is 1.19 bits per heavy atom. The zero-order valence-corrected chi connectivity index (χ0v) is 15.5. The summed E-state index contributed by atoms with van der Waals surface area (Å²) >= 11 is 6.17. The van der Waals surface area contributed by atoms with Gasteiger partial charge in [-0.1, -0.05) is 29.8 Å². The third kappa shape index (κ3) is 4.20. The van der Waals surface area contributed by atoms with E-state index in [1.165, 1.54) is 6.33 Å². The largest absolute Gasteiger partial charge is 0.368 e. The highest BCUT2D eigenvalue weighted by Crippen LogP contribution is 2.17. The number of guanidine groups is 1. The van der Waals surface area contributed by atoms with Crippen LogP contribution in [-0.2, 0) is 13.6 Å². The Labute approximate surface area is 156 Å². The third-order valence-electron chi connectivity index (χ3n) is 3.87. The lowest BCUT2D eigenvalue weighted by Gasteiger charge is -2.13. The van der Waals surface area contributed by atoms with Gasteiger partial charge in [0.1, 0.15) is 12.1 Å². The molecular weight excluding hydrogens is 352 g/mol. The zero-order valence-electron chi connectivity index (χ0n) is 14.7. The number of rotatable bonds is 6. The van der Waals surface area contributed by atoms with Gasteiger partial charge in [0.05, 0.1) is 11.6 Å². The van der Waals surface area contributed by atoms with Crippen molar-refractivity contribution in [3.05, 3.63) is 47.4 Å². The van der Waals surface area contributed by atoms with E-state index in [0.29, 0.717) is 25.6 Å². The van der Waals surface area contributed by atoms with E-state index in [4.69, 9.17) is 11.6 Å². The molecule has 9 heteroatoms. The first-order chi connectivity index (χ1) is 12.7. The van der Waals surface area contributed by atoms with Gasteiger partial charge in [-0.15, -0.1) is 0 Å². The number of nitrogens with one attached hydrogen (secondary N) is 3. The van der Waals surface area contributed by atoms with Crippen molar-refractivity contribution in [1.82, 2.24) is 30.4 Å². The summed E-state index contributed by atoms with van der Waals surface area (Å²) in [6, 6.07) is 7.73. The first kappa shape index (κ1) is 17.9. The van der Waals surface area contributed by atoms with Crippen molar-refractivity contribution < 1.29 is 0 Å². The van der Waals surface area contributed by atoms with Crippen molar-refractivity contribution in [2.24, 2.45) is 12.0 Å². The molecule has 0 saturated carbocycles. The van der Waals surface area contributed by atoms with Crippen LogP contribution in [0.2, 0.25) is 5.02 Å². The van der Waals surface area contributed by atoms with Gasteiger partial charge in [0.25, 0.3) is 0 Å². The van der Waals surface area contributed by atoms with Crippen LogP contribution in [0.15, 0.2) is 41.8 Å². The summed E-state index contributed by atoms with van der Waals surface area (Å²) in [6.07, 6.45) is 3.29. The summed E-state index contributed by atoms with van der Waals surface area (Å²) in [5, 5.41) is 15.6. The van der Waals surface area contributed by atoms with Crippen LogP contribution in [-0.4, -0.2) is 45.8 Å². The maximum atomic E-state index is 6.17. The fraction of sp³-hybridized carbons (Fsp3) is 0.294. The summed E-state index contributed by atoms with van der Waals surface area (Å²) in [6.45, 7) is 1.96. The summed E-state index contributed by atoms with van der Waals surface area (Å²) in [5.41, 5.74) is 1.82. The van der Waals surface area contributed by atoms with Crippen LogP contribution in [0, 0.1) is 0 Å². The Bertz CT molecular complexity index is 905. The predicted molar refractivity (Wildman–Crippen MR) is 104 cm³/mol. The number of hydrogen-bond donors (Lipinski definition) is 3. The predicted octanol–water partition coefficient (Wildman–Crippen LogP) is 1.79. The fourth-order valence-electron chi connectivity index (χ4n) is 2.51. The molecule has 0 unspecified atom stereocenters. The van der Waals surface area contributed by atoms with Gasteiger partial charge in [0, 0.05) is 38.8 Å². The van der Waals surface area contributed by atoms with Crippen molar-refractivity contribution in [2.45, 2.75) is 6.54 Å². The maximum Gasteiger partial charge on any atom is 0.191 e. The fourth-order valence-corrected chi connectivity index (χ4v) is 2.71. The second-order valence-electron chi connectivity index (χ2n) is 5.60. The van der Waals surface area contributed by atoms with Gasteiger partial charge in [-0.05, 0) is 11.6 Å². The number of fused-ring (bicyclic) bond motifs is 1. The lowest BCUT2D eigenvalue weighted by Crippen LogP contribution is -2.39. The van der Waals surface area contributed by atoms with Crippen molar-refractivity contribution in [1.29, 1.82) is 0 Å². The van der Waals surface area contributed by atoms with Crippen LogP contribution in [0.1, 0.15) is 5.56 Å². The molecule has 0 bridgehead atoms. The molecule has 8 nitrogen and oxygen atoms in total. The molecule has 0 saturated heterocycles. The SMILES string of the molecule is CN=C(NCCNc1ncnc2c1cnn2C)NCc1ccccc1Cl. The Kier molecular flexibility index (Phi) is 5.85. The van der Waals surface area contributed by atoms with E-state index >= 15 is 0 Å². The monoisotopic (exact) mass is 372 g/mol. The van der Waals surface area contributed by atoms with E-state index in [0.717, 1.165) is 27.4 Å². The molecule has 0 spiro atoms. The first-order valence-electron chi connectivity index (χ1n) is 8.23. The van der Waals surface area contributed by atoms with E-state index < -0.39 is 0 Å². The first-order valence-corrected chi connectivity index (χ1v) is 8.61. The van der Waals surface area contributed by atoms with Crippen molar-refractivity contribution in [3.8, 4) is 0 Å². The second kappa shape index (κ2) is 8.48.